The van der Waals surface area contributed by atoms with E-state index in [2.05, 4.69) is 53.1 Å². The van der Waals surface area contributed by atoms with Crippen LogP contribution in [-0.4, -0.2) is 50.1 Å². The van der Waals surface area contributed by atoms with Gasteiger partial charge >= 0.3 is 0 Å². The van der Waals surface area contributed by atoms with Gasteiger partial charge in [0.2, 0.25) is 0 Å². The molecule has 0 aromatic carbocycles. The van der Waals surface area contributed by atoms with Crippen molar-refractivity contribution < 1.29 is 0 Å². The van der Waals surface area contributed by atoms with E-state index in [0.29, 0.717) is 5.92 Å². The molecule has 0 bridgehead atoms. The molecule has 24 heavy (non-hydrogen) atoms. The maximum atomic E-state index is 4.77. The van der Waals surface area contributed by atoms with Crippen molar-refractivity contribution in [3.63, 3.8) is 0 Å². The molecule has 1 fully saturated rings. The van der Waals surface area contributed by atoms with Gasteiger partial charge in [-0.1, -0.05) is 13.8 Å². The van der Waals surface area contributed by atoms with Gasteiger partial charge in [-0.15, -0.1) is 24.0 Å². The van der Waals surface area contributed by atoms with Gasteiger partial charge < -0.3 is 15.5 Å². The Hall–Kier alpha value is -0.340. The zero-order chi connectivity index (χ0) is 16.5. The van der Waals surface area contributed by atoms with Gasteiger partial charge in [-0.3, -0.25) is 4.99 Å². The first-order valence-electron chi connectivity index (χ1n) is 8.99. The van der Waals surface area contributed by atoms with Crippen molar-refractivity contribution in [2.24, 2.45) is 10.9 Å². The molecule has 0 radical (unpaired) electrons. The van der Waals surface area contributed by atoms with Crippen molar-refractivity contribution >= 4 is 41.3 Å². The van der Waals surface area contributed by atoms with Crippen LogP contribution >= 0.6 is 35.3 Å². The van der Waals surface area contributed by atoms with Gasteiger partial charge in [0.15, 0.2) is 5.96 Å². The molecule has 138 valence electrons. The van der Waals surface area contributed by atoms with Crippen LogP contribution in [0.5, 0.6) is 0 Å². The van der Waals surface area contributed by atoms with Crippen molar-refractivity contribution in [3.05, 3.63) is 22.4 Å². The van der Waals surface area contributed by atoms with E-state index in [-0.39, 0.29) is 24.0 Å². The Morgan fingerprint density at radius 2 is 2.25 bits per heavy atom. The highest BCUT2D eigenvalue weighted by Gasteiger charge is 2.21. The van der Waals surface area contributed by atoms with Crippen LogP contribution in [-0.2, 0) is 0 Å². The van der Waals surface area contributed by atoms with Crippen LogP contribution in [0, 0.1) is 5.92 Å². The second kappa shape index (κ2) is 12.1. The number of aliphatic imine (C=N–C) groups is 1. The van der Waals surface area contributed by atoms with Crippen LogP contribution in [0.25, 0.3) is 0 Å². The molecule has 0 amide bonds. The lowest BCUT2D eigenvalue weighted by Crippen LogP contribution is -2.40. The molecule has 1 aliphatic heterocycles. The van der Waals surface area contributed by atoms with E-state index in [1.54, 1.807) is 11.3 Å². The van der Waals surface area contributed by atoms with Crippen LogP contribution in [0.3, 0.4) is 0 Å². The highest BCUT2D eigenvalue weighted by molar-refractivity contribution is 14.0. The number of halogens is 1. The Bertz CT molecular complexity index is 464. The lowest BCUT2D eigenvalue weighted by Gasteiger charge is -2.17. The molecule has 1 aromatic rings. The summed E-state index contributed by atoms with van der Waals surface area (Å²) in [6.45, 7) is 13.1. The van der Waals surface area contributed by atoms with E-state index in [4.69, 9.17) is 4.99 Å². The topological polar surface area (TPSA) is 39.7 Å². The Morgan fingerprint density at radius 3 is 2.92 bits per heavy atom. The molecule has 2 rings (SSSR count). The monoisotopic (exact) mass is 464 g/mol. The third-order valence-corrected chi connectivity index (χ3v) is 5.15. The molecule has 0 saturated carbocycles. The highest BCUT2D eigenvalue weighted by Crippen LogP contribution is 2.18. The normalized spacial score (nSPS) is 19.8. The van der Waals surface area contributed by atoms with Gasteiger partial charge in [-0.05, 0) is 61.2 Å². The van der Waals surface area contributed by atoms with Crippen LogP contribution in [0.4, 0.5) is 0 Å². The summed E-state index contributed by atoms with van der Waals surface area (Å²) in [7, 11) is 0. The first-order chi connectivity index (χ1) is 11.2. The molecule has 0 spiro atoms. The average molecular weight is 464 g/mol. The maximum absolute atomic E-state index is 4.77. The van der Waals surface area contributed by atoms with E-state index >= 15 is 0 Å². The van der Waals surface area contributed by atoms with Crippen LogP contribution in [0.1, 0.15) is 45.1 Å². The number of guanidine groups is 1. The number of hydrogen-bond acceptors (Lipinski definition) is 3. The summed E-state index contributed by atoms with van der Waals surface area (Å²) in [5, 5.41) is 11.3. The minimum Gasteiger partial charge on any atom is -0.357 e. The zero-order valence-electron chi connectivity index (χ0n) is 15.3. The van der Waals surface area contributed by atoms with Crippen LogP contribution < -0.4 is 10.6 Å². The van der Waals surface area contributed by atoms with Crippen molar-refractivity contribution in [2.75, 3.05) is 39.3 Å². The molecule has 2 atom stereocenters. The summed E-state index contributed by atoms with van der Waals surface area (Å²) in [4.78, 5) is 7.35. The van der Waals surface area contributed by atoms with Gasteiger partial charge in [-0.2, -0.15) is 11.3 Å². The third-order valence-electron chi connectivity index (χ3n) is 4.45. The quantitative estimate of drug-likeness (QED) is 0.350. The molecular weight excluding hydrogens is 431 g/mol. The molecule has 1 aliphatic rings. The second-order valence-corrected chi connectivity index (χ2v) is 7.29. The highest BCUT2D eigenvalue weighted by atomic mass is 127. The van der Waals surface area contributed by atoms with E-state index in [1.165, 1.54) is 38.0 Å². The van der Waals surface area contributed by atoms with E-state index < -0.39 is 0 Å². The zero-order valence-corrected chi connectivity index (χ0v) is 18.4. The molecule has 2 heterocycles. The molecule has 6 heteroatoms. The lowest BCUT2D eigenvalue weighted by atomic mass is 10.1. The predicted molar refractivity (Wildman–Crippen MR) is 117 cm³/mol. The summed E-state index contributed by atoms with van der Waals surface area (Å²) >= 11 is 1.76. The minimum absolute atomic E-state index is 0. The molecule has 2 unspecified atom stereocenters. The molecular formula is C18H33IN4S. The minimum atomic E-state index is 0. The van der Waals surface area contributed by atoms with Crippen molar-refractivity contribution in [1.29, 1.82) is 0 Å². The van der Waals surface area contributed by atoms with E-state index in [0.717, 1.165) is 31.5 Å². The smallest absolute Gasteiger partial charge is 0.191 e. The first kappa shape index (κ1) is 21.7. The fraction of sp³-hybridized carbons (Fsp3) is 0.722. The van der Waals surface area contributed by atoms with Gasteiger partial charge in [0, 0.05) is 32.1 Å². The fourth-order valence-corrected chi connectivity index (χ4v) is 3.85. The molecule has 4 nitrogen and oxygen atoms in total. The third kappa shape index (κ3) is 7.27. The van der Waals surface area contributed by atoms with E-state index in [1.807, 2.05) is 0 Å². The number of nitrogens with zero attached hydrogens (tertiary/aromatic N) is 2. The summed E-state index contributed by atoms with van der Waals surface area (Å²) in [5.74, 6) is 2.19. The summed E-state index contributed by atoms with van der Waals surface area (Å²) in [5.41, 5.74) is 1.39. The Balaban J connectivity index is 0.00000288. The maximum Gasteiger partial charge on any atom is 0.191 e. The number of rotatable bonds is 8. The molecule has 1 saturated heterocycles. The summed E-state index contributed by atoms with van der Waals surface area (Å²) in [6.07, 6.45) is 2.56. The second-order valence-electron chi connectivity index (χ2n) is 6.51. The van der Waals surface area contributed by atoms with Crippen LogP contribution in [0.15, 0.2) is 21.8 Å². The van der Waals surface area contributed by atoms with Gasteiger partial charge in [0.25, 0.3) is 0 Å². The summed E-state index contributed by atoms with van der Waals surface area (Å²) in [6, 6.07) is 2.20. The van der Waals surface area contributed by atoms with Gasteiger partial charge in [0.1, 0.15) is 0 Å². The van der Waals surface area contributed by atoms with Crippen molar-refractivity contribution in [2.45, 2.75) is 39.5 Å². The number of thiophene rings is 1. The largest absolute Gasteiger partial charge is 0.357 e. The van der Waals surface area contributed by atoms with Crippen molar-refractivity contribution in [3.8, 4) is 0 Å². The SMILES string of the molecule is CCCN1CCC(CNC(=NCC(C)c2ccsc2)NCC)C1.I. The Morgan fingerprint density at radius 1 is 1.42 bits per heavy atom. The number of likely N-dealkylation sites (tertiary alicyclic amines) is 1. The average Bonchev–Trinajstić information content (AvgIpc) is 3.22. The number of hydrogen-bond donors (Lipinski definition) is 2. The first-order valence-corrected chi connectivity index (χ1v) is 9.93. The summed E-state index contributed by atoms with van der Waals surface area (Å²) < 4.78 is 0. The van der Waals surface area contributed by atoms with Crippen LogP contribution in [0.2, 0.25) is 0 Å². The lowest BCUT2D eigenvalue weighted by molar-refractivity contribution is 0.324. The molecule has 2 N–H and O–H groups in total. The molecule has 0 aliphatic carbocycles. The Labute approximate surface area is 168 Å². The van der Waals surface area contributed by atoms with E-state index in [9.17, 15) is 0 Å². The molecule has 1 aromatic heterocycles. The van der Waals surface area contributed by atoms with Crippen molar-refractivity contribution in [1.82, 2.24) is 15.5 Å². The number of nitrogens with one attached hydrogen (secondary N) is 2. The fourth-order valence-electron chi connectivity index (χ4n) is 3.07. The van der Waals surface area contributed by atoms with Gasteiger partial charge in [-0.25, -0.2) is 0 Å². The standard InChI is InChI=1S/C18H32N4S.HI/c1-4-8-22-9-6-16(13-22)12-21-18(19-5-2)20-11-15(3)17-7-10-23-14-17;/h7,10,14-16H,4-6,8-9,11-13H2,1-3H3,(H2,19,20,21);1H. The predicted octanol–water partition coefficient (Wildman–Crippen LogP) is 3.76. The Kier molecular flexibility index (Phi) is 10.9. The van der Waals surface area contributed by atoms with Gasteiger partial charge in [0.05, 0.1) is 0 Å².